The number of nitrogens with zero attached hydrogens (tertiary/aromatic N) is 2. The maximum Gasteiger partial charge on any atom is 0.329 e. The van der Waals surface area contributed by atoms with Crippen LogP contribution >= 0.6 is 0 Å². The van der Waals surface area contributed by atoms with Crippen LogP contribution in [0.2, 0.25) is 0 Å². The van der Waals surface area contributed by atoms with Crippen molar-refractivity contribution in [2.24, 2.45) is 5.92 Å². The standard InChI is InChI=1S/C17H25FN2O3/c1-4-23-17(22)15(7-12(2)3)20-9-13(5-6-16(20)21)8-19-10-14(18)11-19/h5-6,9,12,14-15H,4,7-8,10-11H2,1-3H3. The molecule has 1 aliphatic rings. The molecule has 5 nitrogen and oxygen atoms in total. The lowest BCUT2D eigenvalue weighted by atomic mass is 10.0. The van der Waals surface area contributed by atoms with Gasteiger partial charge in [-0.05, 0) is 24.8 Å². The molecular formula is C17H25FN2O3. The lowest BCUT2D eigenvalue weighted by Crippen LogP contribution is -2.47. The fraction of sp³-hybridized carbons (Fsp3) is 0.647. The van der Waals surface area contributed by atoms with Crippen LogP contribution in [-0.4, -0.2) is 41.3 Å². The number of rotatable bonds is 7. The van der Waals surface area contributed by atoms with E-state index in [0.717, 1.165) is 5.56 Å². The van der Waals surface area contributed by atoms with Gasteiger partial charge in [-0.2, -0.15) is 0 Å². The van der Waals surface area contributed by atoms with Crippen molar-refractivity contribution in [2.45, 2.75) is 46.0 Å². The Morgan fingerprint density at radius 3 is 2.65 bits per heavy atom. The summed E-state index contributed by atoms with van der Waals surface area (Å²) >= 11 is 0. The molecule has 0 aromatic carbocycles. The highest BCUT2D eigenvalue weighted by atomic mass is 19.1. The molecule has 2 heterocycles. The summed E-state index contributed by atoms with van der Waals surface area (Å²) in [6.07, 6.45) is 1.49. The van der Waals surface area contributed by atoms with Crippen molar-refractivity contribution in [3.63, 3.8) is 0 Å². The SMILES string of the molecule is CCOC(=O)C(CC(C)C)n1cc(CN2CC(F)C2)ccc1=O. The van der Waals surface area contributed by atoms with Crippen LogP contribution in [-0.2, 0) is 16.1 Å². The average molecular weight is 324 g/mol. The van der Waals surface area contributed by atoms with E-state index in [4.69, 9.17) is 4.74 Å². The van der Waals surface area contributed by atoms with Gasteiger partial charge in [0.15, 0.2) is 0 Å². The van der Waals surface area contributed by atoms with Crippen molar-refractivity contribution in [2.75, 3.05) is 19.7 Å². The zero-order valence-corrected chi connectivity index (χ0v) is 14.0. The number of hydrogen-bond donors (Lipinski definition) is 0. The van der Waals surface area contributed by atoms with Gasteiger partial charge in [0, 0.05) is 31.9 Å². The monoisotopic (exact) mass is 324 g/mol. The van der Waals surface area contributed by atoms with Gasteiger partial charge >= 0.3 is 5.97 Å². The number of carbonyl (C=O) groups excluding carboxylic acids is 1. The minimum atomic E-state index is -0.755. The highest BCUT2D eigenvalue weighted by Gasteiger charge is 2.27. The molecule has 6 heteroatoms. The Balaban J connectivity index is 2.22. The molecule has 1 aromatic rings. The quantitative estimate of drug-likeness (QED) is 0.721. The molecule has 128 valence electrons. The number of hydrogen-bond acceptors (Lipinski definition) is 4. The molecule has 2 rings (SSSR count). The van der Waals surface area contributed by atoms with Crippen LogP contribution in [0.1, 0.15) is 38.8 Å². The summed E-state index contributed by atoms with van der Waals surface area (Å²) in [5.41, 5.74) is 0.675. The van der Waals surface area contributed by atoms with Crippen molar-refractivity contribution in [3.05, 3.63) is 34.2 Å². The Bertz CT molecular complexity index is 594. The molecule has 0 bridgehead atoms. The molecule has 0 aliphatic carbocycles. The molecule has 0 N–H and O–H groups in total. The van der Waals surface area contributed by atoms with Gasteiger partial charge in [0.05, 0.1) is 6.61 Å². The topological polar surface area (TPSA) is 51.5 Å². The van der Waals surface area contributed by atoms with Gasteiger partial charge in [-0.1, -0.05) is 19.9 Å². The summed E-state index contributed by atoms with van der Waals surface area (Å²) in [5.74, 6) is -0.129. The minimum Gasteiger partial charge on any atom is -0.464 e. The summed E-state index contributed by atoms with van der Waals surface area (Å²) in [6, 6.07) is 2.59. The predicted octanol–water partition coefficient (Wildman–Crippen LogP) is 2.15. The number of likely N-dealkylation sites (tertiary alicyclic amines) is 1. The van der Waals surface area contributed by atoms with Crippen LogP contribution in [0.25, 0.3) is 0 Å². The first kappa shape index (κ1) is 17.7. The second-order valence-electron chi connectivity index (χ2n) is 6.47. The molecule has 1 fully saturated rings. The first-order chi connectivity index (χ1) is 10.9. The molecule has 0 amide bonds. The van der Waals surface area contributed by atoms with Crippen molar-refractivity contribution >= 4 is 5.97 Å². The van der Waals surface area contributed by atoms with Crippen molar-refractivity contribution in [1.29, 1.82) is 0 Å². The van der Waals surface area contributed by atoms with Crippen LogP contribution < -0.4 is 5.56 Å². The third-order valence-corrected chi connectivity index (χ3v) is 3.91. The first-order valence-electron chi connectivity index (χ1n) is 8.14. The predicted molar refractivity (Wildman–Crippen MR) is 86.0 cm³/mol. The summed E-state index contributed by atoms with van der Waals surface area (Å²) < 4.78 is 19.5. The van der Waals surface area contributed by atoms with Crippen molar-refractivity contribution in [3.8, 4) is 0 Å². The maximum atomic E-state index is 12.9. The molecule has 0 saturated carbocycles. The van der Waals surface area contributed by atoms with E-state index in [1.54, 1.807) is 19.2 Å². The number of pyridine rings is 1. The highest BCUT2D eigenvalue weighted by molar-refractivity contribution is 5.74. The van der Waals surface area contributed by atoms with E-state index in [1.807, 2.05) is 18.7 Å². The Labute approximate surface area is 136 Å². The Morgan fingerprint density at radius 2 is 2.09 bits per heavy atom. The lowest BCUT2D eigenvalue weighted by Gasteiger charge is -2.34. The Kier molecular flexibility index (Phi) is 5.93. The fourth-order valence-electron chi connectivity index (χ4n) is 2.79. The molecule has 1 unspecified atom stereocenters. The Morgan fingerprint density at radius 1 is 1.39 bits per heavy atom. The van der Waals surface area contributed by atoms with E-state index in [-0.39, 0.29) is 24.1 Å². The first-order valence-corrected chi connectivity index (χ1v) is 8.14. The van der Waals surface area contributed by atoms with E-state index in [9.17, 15) is 14.0 Å². The smallest absolute Gasteiger partial charge is 0.329 e. The van der Waals surface area contributed by atoms with Gasteiger partial charge < -0.3 is 9.30 Å². The molecule has 1 aromatic heterocycles. The molecule has 0 spiro atoms. The average Bonchev–Trinajstić information content (AvgIpc) is 2.45. The van der Waals surface area contributed by atoms with Gasteiger partial charge in [0.1, 0.15) is 12.2 Å². The van der Waals surface area contributed by atoms with Crippen LogP contribution in [0.3, 0.4) is 0 Å². The minimum absolute atomic E-state index is 0.223. The largest absolute Gasteiger partial charge is 0.464 e. The second-order valence-corrected chi connectivity index (χ2v) is 6.47. The Hall–Kier alpha value is -1.69. The van der Waals surface area contributed by atoms with Crippen LogP contribution in [0.15, 0.2) is 23.1 Å². The van der Waals surface area contributed by atoms with E-state index >= 15 is 0 Å². The number of esters is 1. The number of alkyl halides is 1. The number of ether oxygens (including phenoxy) is 1. The van der Waals surface area contributed by atoms with Crippen molar-refractivity contribution < 1.29 is 13.9 Å². The van der Waals surface area contributed by atoms with E-state index in [2.05, 4.69) is 0 Å². The summed E-state index contributed by atoms with van der Waals surface area (Å²) in [6.45, 7) is 7.47. The van der Waals surface area contributed by atoms with E-state index < -0.39 is 12.2 Å². The molecular weight excluding hydrogens is 299 g/mol. The van der Waals surface area contributed by atoms with Gasteiger partial charge in [-0.3, -0.25) is 9.69 Å². The van der Waals surface area contributed by atoms with Gasteiger partial charge in [0.2, 0.25) is 0 Å². The van der Waals surface area contributed by atoms with E-state index in [0.29, 0.717) is 26.1 Å². The normalized spacial score (nSPS) is 17.1. The zero-order valence-electron chi connectivity index (χ0n) is 14.0. The summed E-state index contributed by atoms with van der Waals surface area (Å²) in [7, 11) is 0. The van der Waals surface area contributed by atoms with Crippen LogP contribution in [0.5, 0.6) is 0 Å². The summed E-state index contributed by atoms with van der Waals surface area (Å²) in [5, 5.41) is 0. The second kappa shape index (κ2) is 7.73. The highest BCUT2D eigenvalue weighted by Crippen LogP contribution is 2.20. The van der Waals surface area contributed by atoms with Gasteiger partial charge in [-0.15, -0.1) is 0 Å². The summed E-state index contributed by atoms with van der Waals surface area (Å²) in [4.78, 5) is 26.4. The van der Waals surface area contributed by atoms with Crippen LogP contribution in [0.4, 0.5) is 4.39 Å². The van der Waals surface area contributed by atoms with E-state index in [1.165, 1.54) is 10.6 Å². The van der Waals surface area contributed by atoms with Gasteiger partial charge in [0.25, 0.3) is 5.56 Å². The molecule has 1 saturated heterocycles. The van der Waals surface area contributed by atoms with Crippen LogP contribution in [0, 0.1) is 5.92 Å². The van der Waals surface area contributed by atoms with Crippen molar-refractivity contribution in [1.82, 2.24) is 9.47 Å². The number of halogens is 1. The van der Waals surface area contributed by atoms with Gasteiger partial charge in [-0.25, -0.2) is 9.18 Å². The molecule has 0 radical (unpaired) electrons. The zero-order chi connectivity index (χ0) is 17.0. The third-order valence-electron chi connectivity index (χ3n) is 3.91. The molecule has 1 aliphatic heterocycles. The number of aromatic nitrogens is 1. The molecule has 1 atom stereocenters. The third kappa shape index (κ3) is 4.64. The maximum absolute atomic E-state index is 12.9. The lowest BCUT2D eigenvalue weighted by molar-refractivity contribution is -0.147. The number of carbonyl (C=O) groups is 1. The fourth-order valence-corrected chi connectivity index (χ4v) is 2.79. The molecule has 23 heavy (non-hydrogen) atoms.